The smallest absolute Gasteiger partial charge is 0.329 e. The quantitative estimate of drug-likeness (QED) is 0.233. The highest BCUT2D eigenvalue weighted by Crippen LogP contribution is 2.32. The summed E-state index contributed by atoms with van der Waals surface area (Å²) in [5.74, 6) is -1.73. The van der Waals surface area contributed by atoms with Gasteiger partial charge in [-0.05, 0) is 30.3 Å². The normalized spacial score (nSPS) is 14.4. The minimum atomic E-state index is -0.829. The summed E-state index contributed by atoms with van der Waals surface area (Å²) in [4.78, 5) is 47.9. The molecule has 1 saturated heterocycles. The van der Waals surface area contributed by atoms with Crippen molar-refractivity contribution in [2.24, 2.45) is 0 Å². The lowest BCUT2D eigenvalue weighted by atomic mass is 10.1. The maximum absolute atomic E-state index is 13.7. The van der Waals surface area contributed by atoms with E-state index in [2.05, 4.69) is 10.6 Å². The first-order valence-electron chi connectivity index (χ1n) is 9.66. The second-order valence-corrected chi connectivity index (χ2v) is 7.44. The number of imide groups is 1. The van der Waals surface area contributed by atoms with E-state index in [1.807, 2.05) is 0 Å². The van der Waals surface area contributed by atoms with Gasteiger partial charge < -0.3 is 15.1 Å². The van der Waals surface area contributed by atoms with Gasteiger partial charge in [0, 0.05) is 23.8 Å². The summed E-state index contributed by atoms with van der Waals surface area (Å²) < 4.78 is 19.3. The monoisotopic (exact) mass is 484 g/mol. The van der Waals surface area contributed by atoms with Crippen LogP contribution >= 0.6 is 11.6 Å². The Balaban J connectivity index is 1.47. The van der Waals surface area contributed by atoms with Crippen molar-refractivity contribution in [3.05, 3.63) is 87.0 Å². The number of para-hydroxylation sites is 1. The van der Waals surface area contributed by atoms with Gasteiger partial charge in [0.05, 0.1) is 15.6 Å². The Kier molecular flexibility index (Phi) is 6.11. The summed E-state index contributed by atoms with van der Waals surface area (Å²) in [7, 11) is 0. The summed E-state index contributed by atoms with van der Waals surface area (Å²) in [5, 5.41) is 15.6. The maximum Gasteiger partial charge on any atom is 0.329 e. The molecule has 172 valence electrons. The first-order chi connectivity index (χ1) is 16.2. The first-order valence-corrected chi connectivity index (χ1v) is 10.0. The second kappa shape index (κ2) is 9.16. The van der Waals surface area contributed by atoms with Crippen molar-refractivity contribution in [2.45, 2.75) is 0 Å². The molecule has 0 saturated carbocycles. The van der Waals surface area contributed by atoms with Gasteiger partial charge in [0.15, 0.2) is 0 Å². The molecule has 0 atom stereocenters. The number of hydrogen-bond acceptors (Lipinski definition) is 6. The SMILES string of the molecule is O=C(CN1C(=O)N/C(=C/c2ccc(-c3ccc([N+](=O)[O-])cc3Cl)o2)C1=O)Nc1ccccc1F. The van der Waals surface area contributed by atoms with Gasteiger partial charge in [-0.1, -0.05) is 23.7 Å². The van der Waals surface area contributed by atoms with Crippen molar-refractivity contribution in [2.75, 3.05) is 11.9 Å². The van der Waals surface area contributed by atoms with Crippen molar-refractivity contribution in [1.82, 2.24) is 10.2 Å². The highest BCUT2D eigenvalue weighted by Gasteiger charge is 2.35. The average Bonchev–Trinajstić information content (AvgIpc) is 3.35. The molecular formula is C22H14ClFN4O6. The fraction of sp³-hybridized carbons (Fsp3) is 0.0455. The summed E-state index contributed by atoms with van der Waals surface area (Å²) in [6.07, 6.45) is 1.26. The van der Waals surface area contributed by atoms with Gasteiger partial charge >= 0.3 is 6.03 Å². The fourth-order valence-corrected chi connectivity index (χ4v) is 3.41. The Bertz CT molecular complexity index is 1370. The number of halogens is 2. The standard InChI is InChI=1S/C22H14ClFN4O6/c23-15-9-12(28(32)33)5-7-14(15)19-8-6-13(34-19)10-18-21(30)27(22(31)26-18)11-20(29)25-17-4-2-1-3-16(17)24/h1-10H,11H2,(H,25,29)(H,26,31)/b18-10+. The van der Waals surface area contributed by atoms with Crippen LogP contribution in [0.2, 0.25) is 5.02 Å². The van der Waals surface area contributed by atoms with E-state index in [4.69, 9.17) is 16.0 Å². The van der Waals surface area contributed by atoms with Crippen LogP contribution < -0.4 is 10.6 Å². The number of hydrogen-bond donors (Lipinski definition) is 2. The molecule has 1 aliphatic heterocycles. The minimum Gasteiger partial charge on any atom is -0.457 e. The molecule has 0 unspecified atom stereocenters. The van der Waals surface area contributed by atoms with Gasteiger partial charge in [0.1, 0.15) is 29.6 Å². The van der Waals surface area contributed by atoms with Crippen LogP contribution in [0.1, 0.15) is 5.76 Å². The van der Waals surface area contributed by atoms with E-state index in [9.17, 15) is 28.9 Å². The topological polar surface area (TPSA) is 135 Å². The van der Waals surface area contributed by atoms with E-state index < -0.39 is 35.1 Å². The molecule has 1 aromatic heterocycles. The summed E-state index contributed by atoms with van der Waals surface area (Å²) in [6, 6.07) is 11.6. The van der Waals surface area contributed by atoms with Crippen molar-refractivity contribution in [3.63, 3.8) is 0 Å². The minimum absolute atomic E-state index is 0.0802. The van der Waals surface area contributed by atoms with E-state index in [1.165, 1.54) is 48.5 Å². The van der Waals surface area contributed by atoms with Gasteiger partial charge in [0.25, 0.3) is 11.6 Å². The number of nitro groups is 1. The Morgan fingerprint density at radius 3 is 2.68 bits per heavy atom. The van der Waals surface area contributed by atoms with Gasteiger partial charge in [-0.25, -0.2) is 14.1 Å². The molecule has 2 aromatic carbocycles. The van der Waals surface area contributed by atoms with Crippen LogP contribution in [0.3, 0.4) is 0 Å². The number of nitrogens with one attached hydrogen (secondary N) is 2. The van der Waals surface area contributed by atoms with Gasteiger partial charge in [-0.2, -0.15) is 0 Å². The number of urea groups is 1. The fourth-order valence-electron chi connectivity index (χ4n) is 3.15. The molecule has 1 aliphatic rings. The van der Waals surface area contributed by atoms with E-state index >= 15 is 0 Å². The van der Waals surface area contributed by atoms with Crippen LogP contribution in [0.4, 0.5) is 20.6 Å². The number of nitro benzene ring substituents is 1. The van der Waals surface area contributed by atoms with E-state index in [0.717, 1.165) is 6.07 Å². The Morgan fingerprint density at radius 1 is 1.21 bits per heavy atom. The van der Waals surface area contributed by atoms with Crippen LogP contribution in [0, 0.1) is 15.9 Å². The zero-order valence-corrected chi connectivity index (χ0v) is 17.8. The third kappa shape index (κ3) is 4.64. The predicted molar refractivity (Wildman–Crippen MR) is 119 cm³/mol. The summed E-state index contributed by atoms with van der Waals surface area (Å²) >= 11 is 6.11. The number of anilines is 1. The van der Waals surface area contributed by atoms with Crippen molar-refractivity contribution < 1.29 is 28.1 Å². The molecule has 10 nitrogen and oxygen atoms in total. The molecule has 2 N–H and O–H groups in total. The molecule has 0 spiro atoms. The molecule has 2 heterocycles. The molecule has 0 radical (unpaired) electrons. The highest BCUT2D eigenvalue weighted by atomic mass is 35.5. The molecule has 12 heteroatoms. The lowest BCUT2D eigenvalue weighted by Crippen LogP contribution is -2.38. The van der Waals surface area contributed by atoms with Crippen molar-refractivity contribution in [1.29, 1.82) is 0 Å². The summed E-state index contributed by atoms with van der Waals surface area (Å²) in [6.45, 7) is -0.627. The largest absolute Gasteiger partial charge is 0.457 e. The third-order valence-corrected chi connectivity index (χ3v) is 5.07. The molecule has 0 bridgehead atoms. The summed E-state index contributed by atoms with van der Waals surface area (Å²) in [5.41, 5.74) is -0.00564. The molecule has 34 heavy (non-hydrogen) atoms. The molecule has 4 rings (SSSR count). The number of carbonyl (C=O) groups is 3. The number of rotatable bonds is 6. The maximum atomic E-state index is 13.7. The van der Waals surface area contributed by atoms with Gasteiger partial charge in [-0.3, -0.25) is 19.7 Å². The molecule has 0 aliphatic carbocycles. The second-order valence-electron chi connectivity index (χ2n) is 7.03. The van der Waals surface area contributed by atoms with E-state index in [-0.39, 0.29) is 33.6 Å². The Morgan fingerprint density at radius 2 is 1.97 bits per heavy atom. The number of furan rings is 1. The van der Waals surface area contributed by atoms with E-state index in [1.54, 1.807) is 6.07 Å². The Labute approximate surface area is 195 Å². The zero-order chi connectivity index (χ0) is 24.4. The van der Waals surface area contributed by atoms with Crippen LogP contribution in [0.5, 0.6) is 0 Å². The number of amides is 4. The molecule has 1 fully saturated rings. The Hall–Kier alpha value is -4.51. The van der Waals surface area contributed by atoms with Gasteiger partial charge in [-0.15, -0.1) is 0 Å². The van der Waals surface area contributed by atoms with Crippen molar-refractivity contribution >= 4 is 46.9 Å². The lowest BCUT2D eigenvalue weighted by molar-refractivity contribution is -0.384. The number of carbonyl (C=O) groups excluding carboxylic acids is 3. The van der Waals surface area contributed by atoms with Crippen LogP contribution in [-0.2, 0) is 9.59 Å². The first kappa shape index (κ1) is 22.7. The predicted octanol–water partition coefficient (Wildman–Crippen LogP) is 4.18. The zero-order valence-electron chi connectivity index (χ0n) is 17.1. The number of non-ortho nitro benzene ring substituents is 1. The number of nitrogens with zero attached hydrogens (tertiary/aromatic N) is 2. The van der Waals surface area contributed by atoms with Crippen molar-refractivity contribution in [3.8, 4) is 11.3 Å². The molecule has 4 amide bonds. The molecule has 3 aromatic rings. The number of benzene rings is 2. The molecular weight excluding hydrogens is 471 g/mol. The average molecular weight is 485 g/mol. The van der Waals surface area contributed by atoms with Crippen LogP contribution in [0.25, 0.3) is 17.4 Å². The highest BCUT2D eigenvalue weighted by molar-refractivity contribution is 6.33. The van der Waals surface area contributed by atoms with Crippen LogP contribution in [0.15, 0.2) is 64.7 Å². The lowest BCUT2D eigenvalue weighted by Gasteiger charge is -2.12. The van der Waals surface area contributed by atoms with Gasteiger partial charge in [0.2, 0.25) is 5.91 Å². The van der Waals surface area contributed by atoms with Crippen LogP contribution in [-0.4, -0.2) is 34.2 Å². The third-order valence-electron chi connectivity index (χ3n) is 4.75. The van der Waals surface area contributed by atoms with E-state index in [0.29, 0.717) is 10.5 Å².